The van der Waals surface area contributed by atoms with E-state index in [0.717, 1.165) is 10.9 Å². The highest BCUT2D eigenvalue weighted by Crippen LogP contribution is 2.35. The Kier molecular flexibility index (Phi) is 3.25. The molecule has 102 valence electrons. The van der Waals surface area contributed by atoms with Crippen LogP contribution in [0.5, 0.6) is 0 Å². The standard InChI is InChI=1S/C10H13N5O4/c1-2-10(12)6(17)5(3-16)19-7(10)15-4-13-8(11)14-9(15)18/h1,4-7,16-17H,3,12H2,(H2,11,14,18)/t5-,6+,7-,10?/m1/s1. The summed E-state index contributed by atoms with van der Waals surface area (Å²) in [6.45, 7) is -0.497. The van der Waals surface area contributed by atoms with Gasteiger partial charge in [-0.25, -0.2) is 9.78 Å². The molecule has 1 fully saturated rings. The van der Waals surface area contributed by atoms with Crippen molar-refractivity contribution in [1.29, 1.82) is 0 Å². The molecule has 0 amide bonds. The fourth-order valence-corrected chi connectivity index (χ4v) is 1.92. The molecule has 0 saturated carbocycles. The second-order valence-corrected chi connectivity index (χ2v) is 4.14. The lowest BCUT2D eigenvalue weighted by molar-refractivity contribution is -0.0480. The molecule has 2 rings (SSSR count). The van der Waals surface area contributed by atoms with E-state index in [1.807, 2.05) is 0 Å². The molecule has 1 aliphatic heterocycles. The molecule has 2 heterocycles. The van der Waals surface area contributed by atoms with Crippen LogP contribution in [0.3, 0.4) is 0 Å². The van der Waals surface area contributed by atoms with E-state index in [1.54, 1.807) is 0 Å². The van der Waals surface area contributed by atoms with Crippen LogP contribution in [-0.2, 0) is 4.74 Å². The summed E-state index contributed by atoms with van der Waals surface area (Å²) in [5, 5.41) is 19.0. The van der Waals surface area contributed by atoms with Gasteiger partial charge >= 0.3 is 5.69 Å². The minimum absolute atomic E-state index is 0.207. The molecule has 4 atom stereocenters. The molecule has 1 saturated heterocycles. The van der Waals surface area contributed by atoms with Gasteiger partial charge in [-0.1, -0.05) is 5.92 Å². The van der Waals surface area contributed by atoms with Crippen LogP contribution < -0.4 is 17.2 Å². The van der Waals surface area contributed by atoms with Gasteiger partial charge in [0.1, 0.15) is 18.5 Å². The van der Waals surface area contributed by atoms with Crippen molar-refractivity contribution in [1.82, 2.24) is 14.5 Å². The number of rotatable bonds is 2. The Morgan fingerprint density at radius 2 is 2.37 bits per heavy atom. The van der Waals surface area contributed by atoms with Crippen molar-refractivity contribution in [3.8, 4) is 12.3 Å². The number of ether oxygens (including phenoxy) is 1. The summed E-state index contributed by atoms with van der Waals surface area (Å²) in [6.07, 6.45) is 2.84. The van der Waals surface area contributed by atoms with E-state index in [2.05, 4.69) is 15.9 Å². The molecule has 19 heavy (non-hydrogen) atoms. The number of nitrogens with two attached hydrogens (primary N) is 2. The second kappa shape index (κ2) is 4.60. The summed E-state index contributed by atoms with van der Waals surface area (Å²) in [6, 6.07) is 0. The summed E-state index contributed by atoms with van der Waals surface area (Å²) >= 11 is 0. The third-order valence-corrected chi connectivity index (χ3v) is 2.98. The van der Waals surface area contributed by atoms with E-state index in [1.165, 1.54) is 0 Å². The van der Waals surface area contributed by atoms with E-state index >= 15 is 0 Å². The van der Waals surface area contributed by atoms with Gasteiger partial charge in [-0.05, 0) is 0 Å². The van der Waals surface area contributed by atoms with E-state index in [0.29, 0.717) is 0 Å². The van der Waals surface area contributed by atoms with Crippen LogP contribution in [0.15, 0.2) is 11.1 Å². The van der Waals surface area contributed by atoms with Gasteiger partial charge < -0.3 is 26.4 Å². The van der Waals surface area contributed by atoms with Crippen LogP contribution in [0, 0.1) is 12.3 Å². The number of nitrogen functional groups attached to an aromatic ring is 1. The fraction of sp³-hybridized carbons (Fsp3) is 0.500. The summed E-state index contributed by atoms with van der Waals surface area (Å²) in [5.74, 6) is 1.98. The molecule has 0 spiro atoms. The number of aliphatic hydroxyl groups excluding tert-OH is 2. The number of terminal acetylenes is 1. The van der Waals surface area contributed by atoms with Gasteiger partial charge in [0.05, 0.1) is 6.61 Å². The lowest BCUT2D eigenvalue weighted by atomic mass is 9.92. The first kappa shape index (κ1) is 13.4. The zero-order chi connectivity index (χ0) is 14.2. The highest BCUT2D eigenvalue weighted by Gasteiger charge is 2.54. The van der Waals surface area contributed by atoms with E-state index < -0.39 is 36.3 Å². The molecule has 0 radical (unpaired) electrons. The van der Waals surface area contributed by atoms with Crippen LogP contribution in [0.2, 0.25) is 0 Å². The minimum atomic E-state index is -1.68. The summed E-state index contributed by atoms with van der Waals surface area (Å²) in [4.78, 5) is 18.8. The Morgan fingerprint density at radius 3 is 2.89 bits per heavy atom. The van der Waals surface area contributed by atoms with E-state index in [-0.39, 0.29) is 5.95 Å². The fourth-order valence-electron chi connectivity index (χ4n) is 1.92. The van der Waals surface area contributed by atoms with Crippen LogP contribution >= 0.6 is 0 Å². The molecule has 9 nitrogen and oxygen atoms in total. The Balaban J connectivity index is 2.49. The molecule has 1 aliphatic rings. The van der Waals surface area contributed by atoms with E-state index in [9.17, 15) is 9.90 Å². The first-order chi connectivity index (χ1) is 8.93. The minimum Gasteiger partial charge on any atom is -0.394 e. The SMILES string of the molecule is C#CC1(N)[C@@H](O)[C@@H](CO)O[C@H]1n1cnc(N)nc1=O. The smallest absolute Gasteiger partial charge is 0.354 e. The first-order valence-corrected chi connectivity index (χ1v) is 5.35. The highest BCUT2D eigenvalue weighted by molar-refractivity contribution is 5.22. The lowest BCUT2D eigenvalue weighted by Gasteiger charge is -2.27. The molecule has 6 N–H and O–H groups in total. The van der Waals surface area contributed by atoms with Crippen molar-refractivity contribution in [2.24, 2.45) is 5.73 Å². The molecule has 0 aromatic carbocycles. The number of hydrogen-bond acceptors (Lipinski definition) is 8. The maximum absolute atomic E-state index is 11.7. The number of anilines is 1. The Labute approximate surface area is 107 Å². The molecular weight excluding hydrogens is 254 g/mol. The molecule has 1 unspecified atom stereocenters. The average molecular weight is 267 g/mol. The maximum Gasteiger partial charge on any atom is 0.354 e. The molecule has 1 aromatic rings. The van der Waals surface area contributed by atoms with Crippen LogP contribution in [0.25, 0.3) is 0 Å². The van der Waals surface area contributed by atoms with Crippen molar-refractivity contribution in [3.63, 3.8) is 0 Å². The van der Waals surface area contributed by atoms with Gasteiger partial charge in [-0.15, -0.1) is 6.42 Å². The van der Waals surface area contributed by atoms with Crippen molar-refractivity contribution >= 4 is 5.95 Å². The van der Waals surface area contributed by atoms with E-state index in [4.69, 9.17) is 27.7 Å². The zero-order valence-corrected chi connectivity index (χ0v) is 9.80. The quantitative estimate of drug-likeness (QED) is 0.409. The van der Waals surface area contributed by atoms with Crippen molar-refractivity contribution in [3.05, 3.63) is 16.8 Å². The van der Waals surface area contributed by atoms with Crippen LogP contribution in [0.1, 0.15) is 6.23 Å². The number of hydrogen-bond donors (Lipinski definition) is 4. The van der Waals surface area contributed by atoms with Crippen molar-refractivity contribution in [2.75, 3.05) is 12.3 Å². The second-order valence-electron chi connectivity index (χ2n) is 4.14. The maximum atomic E-state index is 11.7. The van der Waals surface area contributed by atoms with Gasteiger partial charge in [0.25, 0.3) is 0 Å². The van der Waals surface area contributed by atoms with Crippen LogP contribution in [-0.4, -0.2) is 49.1 Å². The summed E-state index contributed by atoms with van der Waals surface area (Å²) in [5.41, 5.74) is 8.70. The Morgan fingerprint density at radius 1 is 1.68 bits per heavy atom. The van der Waals surface area contributed by atoms with Crippen molar-refractivity contribution < 1.29 is 14.9 Å². The third kappa shape index (κ3) is 1.96. The highest BCUT2D eigenvalue weighted by atomic mass is 16.5. The van der Waals surface area contributed by atoms with Gasteiger partial charge in [0.15, 0.2) is 11.8 Å². The van der Waals surface area contributed by atoms with Gasteiger partial charge in [0, 0.05) is 0 Å². The largest absolute Gasteiger partial charge is 0.394 e. The third-order valence-electron chi connectivity index (χ3n) is 2.98. The number of aliphatic hydroxyl groups is 2. The number of aromatic nitrogens is 3. The topological polar surface area (TPSA) is 150 Å². The van der Waals surface area contributed by atoms with Gasteiger partial charge in [0.2, 0.25) is 5.95 Å². The Bertz CT molecular complexity index is 582. The van der Waals surface area contributed by atoms with Crippen molar-refractivity contribution in [2.45, 2.75) is 24.0 Å². The molecule has 9 heteroatoms. The van der Waals surface area contributed by atoms with Gasteiger partial charge in [-0.3, -0.25) is 4.57 Å². The predicted octanol–water partition coefficient (Wildman–Crippen LogP) is -3.20. The lowest BCUT2D eigenvalue weighted by Crippen LogP contribution is -2.54. The molecule has 0 bridgehead atoms. The number of nitrogens with zero attached hydrogens (tertiary/aromatic N) is 3. The summed E-state index contributed by atoms with van der Waals surface area (Å²) < 4.78 is 6.24. The normalized spacial score (nSPS) is 34.1. The molecular formula is C10H13N5O4. The predicted molar refractivity (Wildman–Crippen MR) is 63.5 cm³/mol. The molecule has 1 aromatic heterocycles. The zero-order valence-electron chi connectivity index (χ0n) is 9.80. The van der Waals surface area contributed by atoms with Gasteiger partial charge in [-0.2, -0.15) is 4.98 Å². The van der Waals surface area contributed by atoms with Crippen LogP contribution in [0.4, 0.5) is 5.95 Å². The monoisotopic (exact) mass is 267 g/mol. The first-order valence-electron chi connectivity index (χ1n) is 5.35. The Hall–Kier alpha value is -1.99. The average Bonchev–Trinajstić information content (AvgIpc) is 2.63. The molecule has 0 aliphatic carbocycles. The summed E-state index contributed by atoms with van der Waals surface area (Å²) in [7, 11) is 0.